The summed E-state index contributed by atoms with van der Waals surface area (Å²) in [7, 11) is 1.65. The summed E-state index contributed by atoms with van der Waals surface area (Å²) >= 11 is 0. The van der Waals surface area contributed by atoms with Gasteiger partial charge in [-0.1, -0.05) is 30.3 Å². The molecule has 1 aromatic heterocycles. The molecule has 0 saturated heterocycles. The van der Waals surface area contributed by atoms with Crippen LogP contribution in [0.1, 0.15) is 41.1 Å². The zero-order valence-electron chi connectivity index (χ0n) is 17.4. The molecule has 0 unspecified atom stereocenters. The van der Waals surface area contributed by atoms with Crippen molar-refractivity contribution in [2.75, 3.05) is 20.2 Å². The van der Waals surface area contributed by atoms with Gasteiger partial charge in [0.15, 0.2) is 11.6 Å². The SMILES string of the molecule is COc1ccc(C(=O)N2Cc3nnc(-c4ccccc4)n3[C@@H](C)C2)cc1CCCN. The van der Waals surface area contributed by atoms with Crippen LogP contribution in [0, 0.1) is 0 Å². The summed E-state index contributed by atoms with van der Waals surface area (Å²) in [6.45, 7) is 3.74. The minimum atomic E-state index is -0.00554. The summed E-state index contributed by atoms with van der Waals surface area (Å²) < 4.78 is 7.58. The number of nitrogens with two attached hydrogens (primary N) is 1. The van der Waals surface area contributed by atoms with E-state index in [1.54, 1.807) is 7.11 Å². The van der Waals surface area contributed by atoms with E-state index in [9.17, 15) is 4.79 Å². The van der Waals surface area contributed by atoms with E-state index < -0.39 is 0 Å². The first-order chi connectivity index (χ1) is 14.6. The first kappa shape index (κ1) is 20.1. The number of fused-ring (bicyclic) bond motifs is 1. The zero-order chi connectivity index (χ0) is 21.1. The maximum absolute atomic E-state index is 13.3. The third-order valence-electron chi connectivity index (χ3n) is 5.52. The predicted molar refractivity (Wildman–Crippen MR) is 115 cm³/mol. The Morgan fingerprint density at radius 2 is 2.00 bits per heavy atom. The third kappa shape index (κ3) is 3.80. The normalized spacial score (nSPS) is 15.7. The topological polar surface area (TPSA) is 86.3 Å². The van der Waals surface area contributed by atoms with Gasteiger partial charge in [0.1, 0.15) is 5.75 Å². The number of nitrogens with zero attached hydrogens (tertiary/aromatic N) is 4. The number of hydrogen-bond acceptors (Lipinski definition) is 5. The number of ether oxygens (including phenoxy) is 1. The second-order valence-electron chi connectivity index (χ2n) is 7.63. The van der Waals surface area contributed by atoms with Crippen molar-refractivity contribution in [3.63, 3.8) is 0 Å². The molecule has 0 spiro atoms. The summed E-state index contributed by atoms with van der Waals surface area (Å²) in [5, 5.41) is 8.78. The van der Waals surface area contributed by atoms with E-state index in [1.807, 2.05) is 53.4 Å². The molecule has 0 radical (unpaired) electrons. The van der Waals surface area contributed by atoms with E-state index in [1.165, 1.54) is 0 Å². The largest absolute Gasteiger partial charge is 0.496 e. The van der Waals surface area contributed by atoms with Crippen molar-refractivity contribution in [2.45, 2.75) is 32.4 Å². The quantitative estimate of drug-likeness (QED) is 0.681. The van der Waals surface area contributed by atoms with Gasteiger partial charge in [-0.2, -0.15) is 0 Å². The molecule has 156 valence electrons. The van der Waals surface area contributed by atoms with Crippen molar-refractivity contribution in [2.24, 2.45) is 5.73 Å². The number of aromatic nitrogens is 3. The van der Waals surface area contributed by atoms with Crippen molar-refractivity contribution in [1.29, 1.82) is 0 Å². The van der Waals surface area contributed by atoms with Crippen LogP contribution in [0.25, 0.3) is 11.4 Å². The highest BCUT2D eigenvalue weighted by atomic mass is 16.5. The Hall–Kier alpha value is -3.19. The van der Waals surface area contributed by atoms with Gasteiger partial charge in [0.05, 0.1) is 19.7 Å². The maximum atomic E-state index is 13.3. The highest BCUT2D eigenvalue weighted by Crippen LogP contribution is 2.29. The molecule has 2 N–H and O–H groups in total. The Labute approximate surface area is 176 Å². The van der Waals surface area contributed by atoms with E-state index in [0.717, 1.165) is 41.4 Å². The molecule has 1 atom stereocenters. The molecule has 0 fully saturated rings. The maximum Gasteiger partial charge on any atom is 0.254 e. The van der Waals surface area contributed by atoms with Gasteiger partial charge in [0.2, 0.25) is 0 Å². The molecular formula is C23H27N5O2. The second-order valence-corrected chi connectivity index (χ2v) is 7.63. The molecule has 1 aliphatic heterocycles. The molecule has 0 aliphatic carbocycles. The molecule has 2 aromatic carbocycles. The number of amides is 1. The third-order valence-corrected chi connectivity index (χ3v) is 5.52. The van der Waals surface area contributed by atoms with Crippen LogP contribution < -0.4 is 10.5 Å². The van der Waals surface area contributed by atoms with Gasteiger partial charge in [-0.05, 0) is 50.1 Å². The smallest absolute Gasteiger partial charge is 0.254 e. The van der Waals surface area contributed by atoms with E-state index in [2.05, 4.69) is 21.7 Å². The molecule has 30 heavy (non-hydrogen) atoms. The summed E-state index contributed by atoms with van der Waals surface area (Å²) in [5.74, 6) is 2.44. The van der Waals surface area contributed by atoms with Gasteiger partial charge >= 0.3 is 0 Å². The Bertz CT molecular complexity index is 1030. The molecule has 1 amide bonds. The number of hydrogen-bond donors (Lipinski definition) is 1. The van der Waals surface area contributed by atoms with Crippen molar-refractivity contribution >= 4 is 5.91 Å². The molecule has 4 rings (SSSR count). The Balaban J connectivity index is 1.58. The molecular weight excluding hydrogens is 378 g/mol. The first-order valence-electron chi connectivity index (χ1n) is 10.3. The molecule has 3 aromatic rings. The van der Waals surface area contributed by atoms with Crippen molar-refractivity contribution in [1.82, 2.24) is 19.7 Å². The summed E-state index contributed by atoms with van der Waals surface area (Å²) in [6, 6.07) is 15.7. The Morgan fingerprint density at radius 1 is 1.20 bits per heavy atom. The van der Waals surface area contributed by atoms with Crippen molar-refractivity contribution < 1.29 is 9.53 Å². The predicted octanol–water partition coefficient (Wildman–Crippen LogP) is 3.06. The van der Waals surface area contributed by atoms with E-state index in [-0.39, 0.29) is 11.9 Å². The van der Waals surface area contributed by atoms with E-state index >= 15 is 0 Å². The number of carbonyl (C=O) groups excluding carboxylic acids is 1. The lowest BCUT2D eigenvalue weighted by atomic mass is 10.0. The lowest BCUT2D eigenvalue weighted by Gasteiger charge is -2.32. The fraction of sp³-hybridized carbons (Fsp3) is 0.348. The number of carbonyl (C=O) groups is 1. The van der Waals surface area contributed by atoms with Crippen LogP contribution in [0.15, 0.2) is 48.5 Å². The van der Waals surface area contributed by atoms with Crippen LogP contribution in [0.3, 0.4) is 0 Å². The monoisotopic (exact) mass is 405 g/mol. The van der Waals surface area contributed by atoms with Gasteiger partial charge in [-0.25, -0.2) is 0 Å². The Kier molecular flexibility index (Phi) is 5.81. The van der Waals surface area contributed by atoms with Crippen LogP contribution >= 0.6 is 0 Å². The fourth-order valence-corrected chi connectivity index (χ4v) is 4.05. The lowest BCUT2D eigenvalue weighted by molar-refractivity contribution is 0.0682. The standard InChI is InChI=1S/C23H27N5O2/c1-16-14-27(15-21-25-26-22(28(16)21)17-7-4-3-5-8-17)23(29)19-10-11-20(30-2)18(13-19)9-6-12-24/h3-5,7-8,10-11,13,16H,6,9,12,14-15,24H2,1-2H3/t16-/m0/s1. The zero-order valence-corrected chi connectivity index (χ0v) is 17.4. The summed E-state index contributed by atoms with van der Waals surface area (Å²) in [5.41, 5.74) is 8.35. The minimum absolute atomic E-state index is 0.00554. The summed E-state index contributed by atoms with van der Waals surface area (Å²) in [6.07, 6.45) is 1.63. The molecule has 1 aliphatic rings. The number of aryl methyl sites for hydroxylation is 1. The number of rotatable bonds is 6. The molecule has 0 bridgehead atoms. The van der Waals surface area contributed by atoms with E-state index in [0.29, 0.717) is 25.2 Å². The van der Waals surface area contributed by atoms with Crippen LogP contribution in [0.2, 0.25) is 0 Å². The second kappa shape index (κ2) is 8.67. The van der Waals surface area contributed by atoms with Gasteiger partial charge in [0.25, 0.3) is 5.91 Å². The average Bonchev–Trinajstić information content (AvgIpc) is 3.22. The Morgan fingerprint density at radius 3 is 2.73 bits per heavy atom. The van der Waals surface area contributed by atoms with Gasteiger partial charge in [-0.3, -0.25) is 4.79 Å². The highest BCUT2D eigenvalue weighted by Gasteiger charge is 2.30. The van der Waals surface area contributed by atoms with Crippen LogP contribution in [0.4, 0.5) is 0 Å². The van der Waals surface area contributed by atoms with Crippen LogP contribution in [-0.4, -0.2) is 45.8 Å². The van der Waals surface area contributed by atoms with Crippen LogP contribution in [-0.2, 0) is 13.0 Å². The molecule has 7 heteroatoms. The van der Waals surface area contributed by atoms with Gasteiger partial charge in [-0.15, -0.1) is 10.2 Å². The van der Waals surface area contributed by atoms with Gasteiger partial charge < -0.3 is 19.9 Å². The van der Waals surface area contributed by atoms with Crippen molar-refractivity contribution in [3.8, 4) is 17.1 Å². The molecule has 0 saturated carbocycles. The summed E-state index contributed by atoms with van der Waals surface area (Å²) in [4.78, 5) is 15.1. The van der Waals surface area contributed by atoms with Crippen molar-refractivity contribution in [3.05, 3.63) is 65.5 Å². The van der Waals surface area contributed by atoms with E-state index in [4.69, 9.17) is 10.5 Å². The minimum Gasteiger partial charge on any atom is -0.496 e. The first-order valence-corrected chi connectivity index (χ1v) is 10.3. The molecule has 7 nitrogen and oxygen atoms in total. The van der Waals surface area contributed by atoms with Gasteiger partial charge in [0, 0.05) is 17.7 Å². The van der Waals surface area contributed by atoms with Crippen LogP contribution in [0.5, 0.6) is 5.75 Å². The lowest BCUT2D eigenvalue weighted by Crippen LogP contribution is -2.40. The number of methoxy groups -OCH3 is 1. The fourth-order valence-electron chi connectivity index (χ4n) is 4.05. The number of benzene rings is 2. The average molecular weight is 406 g/mol. The highest BCUT2D eigenvalue weighted by molar-refractivity contribution is 5.94. The molecule has 2 heterocycles.